The maximum Gasteiger partial charge on any atom is 0.317 e. The molecule has 0 spiro atoms. The standard InChI is InChI=1S/C31H35ClF2N6O2/c1-19-12-24-23(16-37-40(24)25-7-2-3-11-41-25)26(22(19)6-4-9-32)29-27(34)28-20(14-35-29)15-36-30(38-28)42-18-31-8-5-10-39(31)17-21(33)13-31/h12,14-16,21,25H,2-11,13,17-18H2,1H3/t21-,25?,31+/m1/s1. The summed E-state index contributed by atoms with van der Waals surface area (Å²) in [6.45, 7) is 4.32. The first-order chi connectivity index (χ1) is 20.5. The van der Waals surface area contributed by atoms with Crippen LogP contribution in [0, 0.1) is 12.7 Å². The Hall–Kier alpha value is -2.95. The number of rotatable bonds is 8. The van der Waals surface area contributed by atoms with Gasteiger partial charge in [-0.05, 0) is 75.6 Å². The number of pyridine rings is 1. The molecule has 7 rings (SSSR count). The number of hydrogen-bond acceptors (Lipinski definition) is 7. The lowest BCUT2D eigenvalue weighted by Gasteiger charge is -2.30. The van der Waals surface area contributed by atoms with Crippen LogP contribution >= 0.6 is 11.6 Å². The van der Waals surface area contributed by atoms with E-state index >= 15 is 4.39 Å². The number of halogens is 3. The SMILES string of the molecule is Cc1cc2c(cnn2C2CCCCO2)c(-c2ncc3cnc(OC[C@@]45CCCN4C[C@H](F)C5)nc3c2F)c1CCCCl. The lowest BCUT2D eigenvalue weighted by atomic mass is 9.92. The molecule has 0 saturated carbocycles. The molecule has 0 amide bonds. The summed E-state index contributed by atoms with van der Waals surface area (Å²) in [5.74, 6) is -0.0406. The number of aromatic nitrogens is 5. The van der Waals surface area contributed by atoms with Gasteiger partial charge in [-0.15, -0.1) is 11.6 Å². The summed E-state index contributed by atoms with van der Waals surface area (Å²) < 4.78 is 44.7. The van der Waals surface area contributed by atoms with Crippen LogP contribution in [-0.2, 0) is 11.2 Å². The van der Waals surface area contributed by atoms with Crippen molar-refractivity contribution in [2.24, 2.45) is 0 Å². The molecular formula is C31H35ClF2N6O2. The van der Waals surface area contributed by atoms with Crippen LogP contribution in [0.3, 0.4) is 0 Å². The fraction of sp³-hybridized carbons (Fsp3) is 0.548. The van der Waals surface area contributed by atoms with Crippen molar-refractivity contribution in [3.05, 3.63) is 41.6 Å². The van der Waals surface area contributed by atoms with E-state index in [9.17, 15) is 4.39 Å². The van der Waals surface area contributed by atoms with E-state index in [2.05, 4.69) is 25.9 Å². The Kier molecular flexibility index (Phi) is 7.48. The van der Waals surface area contributed by atoms with E-state index in [0.717, 1.165) is 67.1 Å². The first-order valence-corrected chi connectivity index (χ1v) is 15.5. The fourth-order valence-corrected chi connectivity index (χ4v) is 7.32. The second-order valence-corrected chi connectivity index (χ2v) is 12.3. The molecule has 42 heavy (non-hydrogen) atoms. The number of nitrogens with zero attached hydrogens (tertiary/aromatic N) is 6. The van der Waals surface area contributed by atoms with Gasteiger partial charge in [0.2, 0.25) is 0 Å². The third kappa shape index (κ3) is 4.81. The number of alkyl halides is 2. The van der Waals surface area contributed by atoms with Crippen LogP contribution in [-0.4, -0.2) is 73.5 Å². The highest BCUT2D eigenvalue weighted by Crippen LogP contribution is 2.41. The molecule has 0 aliphatic carbocycles. The summed E-state index contributed by atoms with van der Waals surface area (Å²) in [6, 6.07) is 2.19. The molecule has 3 aliphatic heterocycles. The predicted molar refractivity (Wildman–Crippen MR) is 157 cm³/mol. The lowest BCUT2D eigenvalue weighted by molar-refractivity contribution is -0.0366. The number of hydrogen-bond donors (Lipinski definition) is 0. The molecule has 1 aromatic carbocycles. The van der Waals surface area contributed by atoms with Crippen LogP contribution < -0.4 is 4.74 Å². The zero-order chi connectivity index (χ0) is 28.8. The maximum atomic E-state index is 16.5. The first kappa shape index (κ1) is 27.9. The smallest absolute Gasteiger partial charge is 0.317 e. The highest BCUT2D eigenvalue weighted by Gasteiger charge is 2.49. The maximum absolute atomic E-state index is 16.5. The molecule has 0 N–H and O–H groups in total. The van der Waals surface area contributed by atoms with E-state index in [1.54, 1.807) is 12.4 Å². The molecule has 3 fully saturated rings. The van der Waals surface area contributed by atoms with Gasteiger partial charge in [-0.3, -0.25) is 9.88 Å². The van der Waals surface area contributed by atoms with E-state index in [1.807, 2.05) is 11.6 Å². The average molecular weight is 597 g/mol. The Morgan fingerprint density at radius 1 is 1.19 bits per heavy atom. The number of aryl methyl sites for hydroxylation is 1. The Morgan fingerprint density at radius 2 is 2.07 bits per heavy atom. The van der Waals surface area contributed by atoms with Gasteiger partial charge in [0.15, 0.2) is 12.0 Å². The quantitative estimate of drug-likeness (QED) is 0.220. The summed E-state index contributed by atoms with van der Waals surface area (Å²) in [6.07, 6.45) is 10.7. The highest BCUT2D eigenvalue weighted by atomic mass is 35.5. The van der Waals surface area contributed by atoms with Crippen molar-refractivity contribution in [1.29, 1.82) is 0 Å². The van der Waals surface area contributed by atoms with Crippen molar-refractivity contribution in [3.63, 3.8) is 0 Å². The summed E-state index contributed by atoms with van der Waals surface area (Å²) >= 11 is 6.09. The molecule has 3 saturated heterocycles. The Morgan fingerprint density at radius 3 is 2.90 bits per heavy atom. The zero-order valence-corrected chi connectivity index (χ0v) is 24.5. The fourth-order valence-electron chi connectivity index (χ4n) is 7.18. The molecule has 3 atom stereocenters. The van der Waals surface area contributed by atoms with Gasteiger partial charge in [0.1, 0.15) is 24.0 Å². The topological polar surface area (TPSA) is 78.2 Å². The van der Waals surface area contributed by atoms with Gasteiger partial charge in [-0.2, -0.15) is 10.1 Å². The van der Waals surface area contributed by atoms with Gasteiger partial charge in [-0.1, -0.05) is 0 Å². The van der Waals surface area contributed by atoms with Crippen LogP contribution in [0.2, 0.25) is 0 Å². The molecule has 0 radical (unpaired) electrons. The van der Waals surface area contributed by atoms with E-state index in [1.165, 1.54) is 6.20 Å². The summed E-state index contributed by atoms with van der Waals surface area (Å²) in [7, 11) is 0. The normalized spacial score (nSPS) is 24.6. The van der Waals surface area contributed by atoms with Crippen molar-refractivity contribution in [2.75, 3.05) is 32.2 Å². The van der Waals surface area contributed by atoms with E-state index in [0.29, 0.717) is 42.8 Å². The zero-order valence-electron chi connectivity index (χ0n) is 23.8. The van der Waals surface area contributed by atoms with Gasteiger partial charge in [0.25, 0.3) is 0 Å². The molecule has 6 heterocycles. The van der Waals surface area contributed by atoms with Crippen molar-refractivity contribution in [1.82, 2.24) is 29.6 Å². The molecular weight excluding hydrogens is 562 g/mol. The van der Waals surface area contributed by atoms with E-state index in [4.69, 9.17) is 26.2 Å². The largest absolute Gasteiger partial charge is 0.461 e. The molecule has 0 bridgehead atoms. The Labute approximate surface area is 248 Å². The van der Waals surface area contributed by atoms with Gasteiger partial charge in [0, 0.05) is 54.2 Å². The van der Waals surface area contributed by atoms with Crippen LogP contribution in [0.1, 0.15) is 62.3 Å². The second-order valence-electron chi connectivity index (χ2n) is 11.9. The molecule has 1 unspecified atom stereocenters. The molecule has 4 aromatic rings. The molecule has 8 nitrogen and oxygen atoms in total. The number of benzene rings is 1. The average Bonchev–Trinajstić information content (AvgIpc) is 3.68. The third-order valence-electron chi connectivity index (χ3n) is 9.23. The lowest BCUT2D eigenvalue weighted by Crippen LogP contribution is -2.43. The van der Waals surface area contributed by atoms with Gasteiger partial charge in [0.05, 0.1) is 17.3 Å². The molecule has 11 heteroatoms. The van der Waals surface area contributed by atoms with Crippen molar-refractivity contribution in [3.8, 4) is 17.3 Å². The monoisotopic (exact) mass is 596 g/mol. The van der Waals surface area contributed by atoms with Gasteiger partial charge >= 0.3 is 6.01 Å². The van der Waals surface area contributed by atoms with Crippen LogP contribution in [0.5, 0.6) is 6.01 Å². The summed E-state index contributed by atoms with van der Waals surface area (Å²) in [5.41, 5.74) is 3.63. The van der Waals surface area contributed by atoms with Crippen molar-refractivity contribution in [2.45, 2.75) is 76.2 Å². The van der Waals surface area contributed by atoms with Gasteiger partial charge in [-0.25, -0.2) is 18.4 Å². The van der Waals surface area contributed by atoms with Crippen LogP contribution in [0.4, 0.5) is 8.78 Å². The first-order valence-electron chi connectivity index (χ1n) is 15.0. The third-order valence-corrected chi connectivity index (χ3v) is 9.50. The minimum absolute atomic E-state index is 0.0844. The van der Waals surface area contributed by atoms with E-state index < -0.39 is 12.0 Å². The molecule has 3 aromatic heterocycles. The second kappa shape index (κ2) is 11.3. The minimum atomic E-state index is -0.856. The number of fused-ring (bicyclic) bond motifs is 3. The Balaban J connectivity index is 1.29. The molecule has 222 valence electrons. The van der Waals surface area contributed by atoms with Crippen molar-refractivity contribution >= 4 is 33.4 Å². The predicted octanol–water partition coefficient (Wildman–Crippen LogP) is 6.31. The minimum Gasteiger partial charge on any atom is -0.461 e. The number of ether oxygens (including phenoxy) is 2. The summed E-state index contributed by atoms with van der Waals surface area (Å²) in [4.78, 5) is 15.6. The van der Waals surface area contributed by atoms with Gasteiger partial charge < -0.3 is 9.47 Å². The highest BCUT2D eigenvalue weighted by molar-refractivity contribution is 6.17. The van der Waals surface area contributed by atoms with E-state index in [-0.39, 0.29) is 35.6 Å². The van der Waals surface area contributed by atoms with Crippen molar-refractivity contribution < 1.29 is 18.3 Å². The Bertz CT molecular complexity index is 1630. The van der Waals surface area contributed by atoms with Crippen LogP contribution in [0.15, 0.2) is 24.7 Å². The molecule has 3 aliphatic rings. The van der Waals surface area contributed by atoms with Crippen LogP contribution in [0.25, 0.3) is 33.1 Å². The summed E-state index contributed by atoms with van der Waals surface area (Å²) in [5, 5.41) is 6.00.